The van der Waals surface area contributed by atoms with Crippen molar-refractivity contribution < 1.29 is 28.4 Å². The van der Waals surface area contributed by atoms with E-state index in [1.807, 2.05) is 25.1 Å². The molecule has 8 heteroatoms. The van der Waals surface area contributed by atoms with Crippen molar-refractivity contribution in [1.82, 2.24) is 0 Å². The highest BCUT2D eigenvalue weighted by atomic mass is 32.2. The summed E-state index contributed by atoms with van der Waals surface area (Å²) >= 11 is 0. The lowest BCUT2D eigenvalue weighted by Crippen LogP contribution is -2.34. The Hall–Kier alpha value is -3.10. The first kappa shape index (κ1) is 26.2. The van der Waals surface area contributed by atoms with Crippen LogP contribution < -0.4 is 5.73 Å². The number of aliphatic carboxylic acids is 2. The van der Waals surface area contributed by atoms with Crippen molar-refractivity contribution in [3.05, 3.63) is 70.5 Å². The highest BCUT2D eigenvalue weighted by Crippen LogP contribution is 2.43. The first-order chi connectivity index (χ1) is 15.4. The Morgan fingerprint density at radius 1 is 1.09 bits per heavy atom. The number of nitrogens with two attached hydrogens (primary N) is 1. The minimum atomic E-state index is -1.04. The predicted octanol–water partition coefficient (Wildman–Crippen LogP) is 4.42. The van der Waals surface area contributed by atoms with Crippen LogP contribution in [0.15, 0.2) is 52.9 Å². The van der Waals surface area contributed by atoms with Crippen LogP contribution in [-0.4, -0.2) is 38.7 Å². The molecule has 0 spiro atoms. The summed E-state index contributed by atoms with van der Waals surface area (Å²) in [6.07, 6.45) is 3.43. The Morgan fingerprint density at radius 3 is 2.15 bits per heavy atom. The minimum absolute atomic E-state index is 0.0208. The van der Waals surface area contributed by atoms with Crippen LogP contribution in [0.5, 0.6) is 0 Å². The van der Waals surface area contributed by atoms with Crippen molar-refractivity contribution in [3.63, 3.8) is 0 Å². The van der Waals surface area contributed by atoms with Gasteiger partial charge in [0.25, 0.3) is 0 Å². The van der Waals surface area contributed by atoms with Crippen LogP contribution >= 0.6 is 0 Å². The molecule has 0 aromatic heterocycles. The molecule has 0 fully saturated rings. The number of halogens is 1. The maximum atomic E-state index is 13.7. The summed E-state index contributed by atoms with van der Waals surface area (Å²) in [5.74, 6) is -2.24. The van der Waals surface area contributed by atoms with Gasteiger partial charge in [-0.3, -0.25) is 13.8 Å². The third-order valence-electron chi connectivity index (χ3n) is 5.31. The molecule has 3 rings (SSSR count). The molecule has 0 saturated carbocycles. The zero-order valence-electron chi connectivity index (χ0n) is 19.0. The van der Waals surface area contributed by atoms with Crippen molar-refractivity contribution in [3.8, 4) is 0 Å². The minimum Gasteiger partial charge on any atom is -0.481 e. The van der Waals surface area contributed by atoms with Crippen molar-refractivity contribution in [1.29, 1.82) is 0 Å². The number of fused-ring (bicyclic) bond motifs is 1. The molecule has 0 radical (unpaired) electrons. The van der Waals surface area contributed by atoms with Gasteiger partial charge in [0.2, 0.25) is 0 Å². The van der Waals surface area contributed by atoms with Gasteiger partial charge in [0.1, 0.15) is 11.9 Å². The second-order valence-electron chi connectivity index (χ2n) is 8.05. The molecule has 6 nitrogen and oxygen atoms in total. The summed E-state index contributed by atoms with van der Waals surface area (Å²) in [4.78, 5) is 21.9. The third-order valence-corrected chi connectivity index (χ3v) is 6.24. The van der Waals surface area contributed by atoms with E-state index in [9.17, 15) is 18.2 Å². The molecule has 0 bridgehead atoms. The standard InChI is InChI=1S/C20H17FO3S.C5H11NO2/c1-12-17(9-13-3-6-15(7-4-13)25(2)24)16-8-5-14(21)10-19(16)18(12)11-20(22)23;1-3(2)4(6)5(7)8/h3-10H,11H2,1-2H3,(H,22,23);3-4H,6H2,1-2H3,(H,7,8)/b17-9-;/t;4-/m.0/s1. The highest BCUT2D eigenvalue weighted by Gasteiger charge is 2.25. The molecular formula is C25H28FNO5S. The molecule has 0 saturated heterocycles. The molecule has 1 aliphatic rings. The van der Waals surface area contributed by atoms with Gasteiger partial charge in [0, 0.05) is 22.0 Å². The number of carbonyl (C=O) groups is 2. The first-order valence-electron chi connectivity index (χ1n) is 10.3. The fraction of sp³-hybridized carbons (Fsp3) is 0.280. The van der Waals surface area contributed by atoms with E-state index in [4.69, 9.17) is 15.9 Å². The average Bonchev–Trinajstić information content (AvgIpc) is 2.98. The second-order valence-corrected chi connectivity index (χ2v) is 9.43. The normalized spacial score (nSPS) is 15.7. The summed E-state index contributed by atoms with van der Waals surface area (Å²) in [6, 6.07) is 11.1. The van der Waals surface area contributed by atoms with E-state index in [1.165, 1.54) is 12.1 Å². The molecular weight excluding hydrogens is 445 g/mol. The van der Waals surface area contributed by atoms with E-state index in [0.29, 0.717) is 11.1 Å². The largest absolute Gasteiger partial charge is 0.481 e. The van der Waals surface area contributed by atoms with Gasteiger partial charge >= 0.3 is 11.9 Å². The summed E-state index contributed by atoms with van der Waals surface area (Å²) in [5.41, 5.74) is 9.90. The summed E-state index contributed by atoms with van der Waals surface area (Å²) in [6.45, 7) is 5.41. The molecule has 176 valence electrons. The SMILES string of the molecule is CC(C)[C@H](N)C(=O)O.CC1=C(CC(=O)O)c2cc(F)ccc2/C1=C\c1ccc(S(C)=O)cc1. The molecule has 1 unspecified atom stereocenters. The Balaban J connectivity index is 0.000000414. The smallest absolute Gasteiger partial charge is 0.320 e. The average molecular weight is 474 g/mol. The molecule has 0 amide bonds. The van der Waals surface area contributed by atoms with Crippen molar-refractivity contribution in [2.45, 2.75) is 38.1 Å². The zero-order chi connectivity index (χ0) is 24.9. The first-order valence-corrected chi connectivity index (χ1v) is 11.8. The van der Waals surface area contributed by atoms with Gasteiger partial charge in [-0.2, -0.15) is 0 Å². The maximum absolute atomic E-state index is 13.7. The number of hydrogen-bond donors (Lipinski definition) is 3. The fourth-order valence-corrected chi connectivity index (χ4v) is 3.86. The van der Waals surface area contributed by atoms with Crippen LogP contribution in [0, 0.1) is 11.7 Å². The zero-order valence-corrected chi connectivity index (χ0v) is 19.8. The molecule has 1 aliphatic carbocycles. The van der Waals surface area contributed by atoms with Crippen LogP contribution in [0.4, 0.5) is 4.39 Å². The second kappa shape index (κ2) is 11.2. The third kappa shape index (κ3) is 6.69. The van der Waals surface area contributed by atoms with E-state index in [2.05, 4.69) is 0 Å². The van der Waals surface area contributed by atoms with Gasteiger partial charge in [0.05, 0.1) is 6.42 Å². The van der Waals surface area contributed by atoms with Gasteiger partial charge in [-0.25, -0.2) is 4.39 Å². The van der Waals surface area contributed by atoms with E-state index in [0.717, 1.165) is 27.2 Å². The Bertz CT molecular complexity index is 1140. The van der Waals surface area contributed by atoms with Crippen LogP contribution in [-0.2, 0) is 20.4 Å². The van der Waals surface area contributed by atoms with E-state index in [-0.39, 0.29) is 18.2 Å². The number of rotatable bonds is 6. The topological polar surface area (TPSA) is 118 Å². The molecule has 0 aliphatic heterocycles. The maximum Gasteiger partial charge on any atom is 0.320 e. The highest BCUT2D eigenvalue weighted by molar-refractivity contribution is 7.84. The van der Waals surface area contributed by atoms with E-state index < -0.39 is 28.8 Å². The van der Waals surface area contributed by atoms with Crippen LogP contribution in [0.25, 0.3) is 17.2 Å². The lowest BCUT2D eigenvalue weighted by molar-refractivity contribution is -0.139. The summed E-state index contributed by atoms with van der Waals surface area (Å²) in [5, 5.41) is 17.4. The molecule has 2 aromatic rings. The predicted molar refractivity (Wildman–Crippen MR) is 128 cm³/mol. The number of carboxylic acid groups (broad SMARTS) is 2. The van der Waals surface area contributed by atoms with Crippen LogP contribution in [0.3, 0.4) is 0 Å². The van der Waals surface area contributed by atoms with Crippen LogP contribution in [0.1, 0.15) is 43.9 Å². The van der Waals surface area contributed by atoms with Crippen molar-refractivity contribution in [2.75, 3.05) is 6.26 Å². The fourth-order valence-electron chi connectivity index (χ4n) is 3.34. The van der Waals surface area contributed by atoms with Crippen molar-refractivity contribution >= 4 is 40.0 Å². The van der Waals surface area contributed by atoms with E-state index >= 15 is 0 Å². The number of carboxylic acids is 2. The van der Waals surface area contributed by atoms with Gasteiger partial charge in [-0.15, -0.1) is 0 Å². The molecule has 2 atom stereocenters. The summed E-state index contributed by atoms with van der Waals surface area (Å²) in [7, 11) is -1.04. The molecule has 33 heavy (non-hydrogen) atoms. The molecule has 4 N–H and O–H groups in total. The van der Waals surface area contributed by atoms with Gasteiger partial charge < -0.3 is 15.9 Å². The quantitative estimate of drug-likeness (QED) is 0.572. The monoisotopic (exact) mass is 473 g/mol. The Labute approximate surface area is 195 Å². The lowest BCUT2D eigenvalue weighted by Gasteiger charge is -2.07. The number of hydrogen-bond acceptors (Lipinski definition) is 4. The number of allylic oxidation sites excluding steroid dienone is 2. The number of benzene rings is 2. The van der Waals surface area contributed by atoms with Gasteiger partial charge in [-0.1, -0.05) is 32.0 Å². The summed E-state index contributed by atoms with van der Waals surface area (Å²) < 4.78 is 25.1. The van der Waals surface area contributed by atoms with Crippen molar-refractivity contribution in [2.24, 2.45) is 11.7 Å². The van der Waals surface area contributed by atoms with Gasteiger partial charge in [0.15, 0.2) is 0 Å². The molecule has 0 heterocycles. The Kier molecular flexibility index (Phi) is 8.84. The van der Waals surface area contributed by atoms with Gasteiger partial charge in [-0.05, 0) is 76.6 Å². The lowest BCUT2D eigenvalue weighted by atomic mass is 10.0. The Morgan fingerprint density at radius 2 is 1.70 bits per heavy atom. The molecule has 2 aromatic carbocycles. The van der Waals surface area contributed by atoms with Crippen LogP contribution in [0.2, 0.25) is 0 Å². The van der Waals surface area contributed by atoms with E-state index in [1.54, 1.807) is 38.3 Å².